The van der Waals surface area contributed by atoms with Crippen LogP contribution in [-0.4, -0.2) is 42.6 Å². The highest BCUT2D eigenvalue weighted by Crippen LogP contribution is 2.22. The number of hydrogen-bond acceptors (Lipinski definition) is 5. The van der Waals surface area contributed by atoms with E-state index < -0.39 is 24.6 Å². The minimum Gasteiger partial charge on any atom is -0.452 e. The van der Waals surface area contributed by atoms with Gasteiger partial charge in [-0.05, 0) is 29.3 Å². The predicted octanol–water partition coefficient (Wildman–Crippen LogP) is 3.40. The number of hydrogen-bond donors (Lipinski definition) is 0. The molecule has 0 aliphatic carbocycles. The van der Waals surface area contributed by atoms with E-state index in [4.69, 9.17) is 21.1 Å². The Morgan fingerprint density at radius 2 is 1.81 bits per heavy atom. The molecule has 2 aromatic carbocycles. The Balaban J connectivity index is 1.78. The molecule has 1 aliphatic rings. The van der Waals surface area contributed by atoms with Crippen molar-refractivity contribution in [2.45, 2.75) is 0 Å². The van der Waals surface area contributed by atoms with Crippen molar-refractivity contribution in [1.82, 2.24) is 4.90 Å². The fourth-order valence-corrected chi connectivity index (χ4v) is 2.63. The highest BCUT2D eigenvalue weighted by atomic mass is 35.5. The quantitative estimate of drug-likeness (QED) is 0.448. The van der Waals surface area contributed by atoms with Crippen molar-refractivity contribution >= 4 is 41.2 Å². The van der Waals surface area contributed by atoms with Crippen LogP contribution in [0.1, 0.15) is 11.1 Å². The Kier molecular flexibility index (Phi) is 5.88. The molecule has 0 saturated carbocycles. The first-order chi connectivity index (χ1) is 13.0. The summed E-state index contributed by atoms with van der Waals surface area (Å²) in [7, 11) is 0. The second kappa shape index (κ2) is 8.51. The number of halogens is 1. The molecule has 0 aromatic heterocycles. The fraction of sp³-hybridized carbons (Fsp3) is 0.150. The van der Waals surface area contributed by atoms with Crippen LogP contribution in [0, 0.1) is 0 Å². The van der Waals surface area contributed by atoms with Gasteiger partial charge in [-0.2, -0.15) is 0 Å². The lowest BCUT2D eigenvalue weighted by atomic mass is 10.0. The van der Waals surface area contributed by atoms with Crippen molar-refractivity contribution < 1.29 is 23.9 Å². The number of imide groups is 1. The first-order valence-electron chi connectivity index (χ1n) is 8.21. The molecule has 6 nitrogen and oxygen atoms in total. The highest BCUT2D eigenvalue weighted by Gasteiger charge is 2.29. The maximum atomic E-state index is 12.6. The molecule has 3 rings (SSSR count). The summed E-state index contributed by atoms with van der Waals surface area (Å²) in [5, 5.41) is 0.536. The number of benzene rings is 2. The summed E-state index contributed by atoms with van der Waals surface area (Å²) in [6.07, 6.45) is 0.939. The minimum absolute atomic E-state index is 0.141. The minimum atomic E-state index is -0.728. The van der Waals surface area contributed by atoms with Gasteiger partial charge in [0.25, 0.3) is 5.91 Å². The van der Waals surface area contributed by atoms with Crippen molar-refractivity contribution in [3.8, 4) is 0 Å². The first kappa shape index (κ1) is 18.7. The van der Waals surface area contributed by atoms with E-state index >= 15 is 0 Å². The maximum absolute atomic E-state index is 12.6. The van der Waals surface area contributed by atoms with Gasteiger partial charge in [0.05, 0.1) is 12.1 Å². The molecule has 7 heteroatoms. The van der Waals surface area contributed by atoms with Gasteiger partial charge in [0.15, 0.2) is 6.61 Å². The lowest BCUT2D eigenvalue weighted by Crippen LogP contribution is -2.35. The SMILES string of the molecule is O=C(OCC(=O)N1CCOC1=O)/C(=C/c1ccccc1)c1ccc(Cl)cc1. The fourth-order valence-electron chi connectivity index (χ4n) is 2.51. The Labute approximate surface area is 160 Å². The van der Waals surface area contributed by atoms with Crippen molar-refractivity contribution in [3.63, 3.8) is 0 Å². The molecule has 1 aliphatic heterocycles. The number of nitrogens with zero attached hydrogens (tertiary/aromatic N) is 1. The van der Waals surface area contributed by atoms with Crippen molar-refractivity contribution in [2.75, 3.05) is 19.8 Å². The van der Waals surface area contributed by atoms with E-state index in [-0.39, 0.29) is 18.7 Å². The first-order valence-corrected chi connectivity index (χ1v) is 8.59. The number of ether oxygens (including phenoxy) is 2. The van der Waals surface area contributed by atoms with E-state index in [1.807, 2.05) is 30.3 Å². The van der Waals surface area contributed by atoms with Crippen LogP contribution in [0.5, 0.6) is 0 Å². The highest BCUT2D eigenvalue weighted by molar-refractivity contribution is 6.30. The van der Waals surface area contributed by atoms with E-state index in [0.29, 0.717) is 10.6 Å². The van der Waals surface area contributed by atoms with Gasteiger partial charge in [0.1, 0.15) is 6.61 Å². The average Bonchev–Trinajstić information content (AvgIpc) is 3.11. The third kappa shape index (κ3) is 4.74. The number of amides is 2. The monoisotopic (exact) mass is 385 g/mol. The third-order valence-electron chi connectivity index (χ3n) is 3.87. The second-order valence-electron chi connectivity index (χ2n) is 5.71. The Morgan fingerprint density at radius 1 is 1.11 bits per heavy atom. The van der Waals surface area contributed by atoms with Crippen molar-refractivity contribution in [2.24, 2.45) is 0 Å². The zero-order chi connectivity index (χ0) is 19.2. The molecule has 1 fully saturated rings. The number of carbonyl (C=O) groups is 3. The zero-order valence-electron chi connectivity index (χ0n) is 14.3. The molecule has 1 saturated heterocycles. The van der Waals surface area contributed by atoms with E-state index in [2.05, 4.69) is 0 Å². The van der Waals surface area contributed by atoms with Crippen LogP contribution >= 0.6 is 11.6 Å². The van der Waals surface area contributed by atoms with Gasteiger partial charge >= 0.3 is 12.1 Å². The largest absolute Gasteiger partial charge is 0.452 e. The Hall–Kier alpha value is -3.12. The molecule has 0 N–H and O–H groups in total. The number of esters is 1. The molecule has 0 unspecified atom stereocenters. The smallest absolute Gasteiger partial charge is 0.416 e. The van der Waals surface area contributed by atoms with E-state index in [1.54, 1.807) is 30.3 Å². The molecule has 1 heterocycles. The summed E-state index contributed by atoms with van der Waals surface area (Å²) in [4.78, 5) is 37.0. The van der Waals surface area contributed by atoms with Crippen LogP contribution in [-0.2, 0) is 19.1 Å². The van der Waals surface area contributed by atoms with Crippen molar-refractivity contribution in [1.29, 1.82) is 0 Å². The van der Waals surface area contributed by atoms with Crippen LogP contribution < -0.4 is 0 Å². The molecule has 0 spiro atoms. The van der Waals surface area contributed by atoms with Gasteiger partial charge in [-0.1, -0.05) is 54.1 Å². The summed E-state index contributed by atoms with van der Waals surface area (Å²) >= 11 is 5.92. The summed E-state index contributed by atoms with van der Waals surface area (Å²) in [6.45, 7) is -0.255. The topological polar surface area (TPSA) is 72.9 Å². The van der Waals surface area contributed by atoms with Gasteiger partial charge in [-0.25, -0.2) is 14.5 Å². The molecule has 0 radical (unpaired) electrons. The molecular formula is C20H16ClNO5. The van der Waals surface area contributed by atoms with E-state index in [1.165, 1.54) is 0 Å². The summed E-state index contributed by atoms with van der Waals surface area (Å²) in [6, 6.07) is 16.0. The van der Waals surface area contributed by atoms with Crippen LogP contribution in [0.3, 0.4) is 0 Å². The Morgan fingerprint density at radius 3 is 2.44 bits per heavy atom. The molecule has 27 heavy (non-hydrogen) atoms. The maximum Gasteiger partial charge on any atom is 0.416 e. The van der Waals surface area contributed by atoms with Gasteiger partial charge in [-0.3, -0.25) is 4.79 Å². The summed E-state index contributed by atoms with van der Waals surface area (Å²) in [5.41, 5.74) is 1.67. The predicted molar refractivity (Wildman–Crippen MR) is 99.8 cm³/mol. The van der Waals surface area contributed by atoms with Crippen LogP contribution in [0.2, 0.25) is 5.02 Å². The molecular weight excluding hydrogens is 370 g/mol. The molecule has 2 amide bonds. The zero-order valence-corrected chi connectivity index (χ0v) is 15.0. The van der Waals surface area contributed by atoms with Crippen LogP contribution in [0.15, 0.2) is 54.6 Å². The number of carbonyl (C=O) groups excluding carboxylic acids is 3. The van der Waals surface area contributed by atoms with Crippen LogP contribution in [0.4, 0.5) is 4.79 Å². The summed E-state index contributed by atoms with van der Waals surface area (Å²) in [5.74, 6) is -1.30. The molecule has 2 aromatic rings. The normalized spacial score (nSPS) is 14.0. The third-order valence-corrected chi connectivity index (χ3v) is 4.13. The van der Waals surface area contributed by atoms with E-state index in [9.17, 15) is 14.4 Å². The van der Waals surface area contributed by atoms with Gasteiger partial charge in [0.2, 0.25) is 0 Å². The molecule has 138 valence electrons. The van der Waals surface area contributed by atoms with Crippen molar-refractivity contribution in [3.05, 3.63) is 70.7 Å². The Bertz CT molecular complexity index is 877. The van der Waals surface area contributed by atoms with Gasteiger partial charge < -0.3 is 9.47 Å². The molecule has 0 atom stereocenters. The number of rotatable bonds is 5. The van der Waals surface area contributed by atoms with Gasteiger partial charge in [0, 0.05) is 5.02 Å². The summed E-state index contributed by atoms with van der Waals surface area (Å²) < 4.78 is 9.85. The van der Waals surface area contributed by atoms with Gasteiger partial charge in [-0.15, -0.1) is 0 Å². The standard InChI is InChI=1S/C20H16ClNO5/c21-16-8-6-15(7-9-16)17(12-14-4-2-1-3-5-14)19(24)27-13-18(23)22-10-11-26-20(22)25/h1-9,12H,10-11,13H2/b17-12+. The average molecular weight is 386 g/mol. The lowest BCUT2D eigenvalue weighted by molar-refractivity contribution is -0.145. The molecule has 0 bridgehead atoms. The van der Waals surface area contributed by atoms with Crippen LogP contribution in [0.25, 0.3) is 11.6 Å². The van der Waals surface area contributed by atoms with E-state index in [0.717, 1.165) is 10.5 Å². The second-order valence-corrected chi connectivity index (χ2v) is 6.15. The number of cyclic esters (lactones) is 1. The lowest BCUT2D eigenvalue weighted by Gasteiger charge is -2.12.